The van der Waals surface area contributed by atoms with Crippen LogP contribution in [0.1, 0.15) is 22.2 Å². The van der Waals surface area contributed by atoms with Gasteiger partial charge in [-0.1, -0.05) is 5.16 Å². The molecule has 0 unspecified atom stereocenters. The van der Waals surface area contributed by atoms with E-state index in [1.165, 1.54) is 12.4 Å². The molecular weight excluding hydrogens is 236 g/mol. The normalized spacial score (nSPS) is 10.3. The summed E-state index contributed by atoms with van der Waals surface area (Å²) in [5.74, 6) is 0.915. The van der Waals surface area contributed by atoms with E-state index in [9.17, 15) is 4.79 Å². The number of hydrogen-bond acceptors (Lipinski definition) is 7. The number of rotatable bonds is 4. The standard InChI is InChI=1S/C10H12N6O2/c1-6-13-8(15-18-6)5-16(2)9-4-12-3-7(14-9)10(11)17/h3-4H,5H2,1-2H3,(H2,11,17). The van der Waals surface area contributed by atoms with Crippen molar-refractivity contribution in [3.05, 3.63) is 29.8 Å². The third-order valence-electron chi connectivity index (χ3n) is 2.21. The molecule has 0 spiro atoms. The molecule has 0 saturated heterocycles. The largest absolute Gasteiger partial charge is 0.364 e. The van der Waals surface area contributed by atoms with Crippen LogP contribution in [-0.2, 0) is 6.54 Å². The van der Waals surface area contributed by atoms with Gasteiger partial charge < -0.3 is 15.2 Å². The number of amides is 1. The lowest BCUT2D eigenvalue weighted by molar-refractivity contribution is 0.0995. The van der Waals surface area contributed by atoms with Crippen molar-refractivity contribution in [3.63, 3.8) is 0 Å². The molecule has 0 atom stereocenters. The minimum Gasteiger partial charge on any atom is -0.364 e. The highest BCUT2D eigenvalue weighted by Crippen LogP contribution is 2.10. The van der Waals surface area contributed by atoms with Crippen LogP contribution < -0.4 is 10.6 Å². The summed E-state index contributed by atoms with van der Waals surface area (Å²) in [5, 5.41) is 3.77. The maximum absolute atomic E-state index is 11.0. The summed E-state index contributed by atoms with van der Waals surface area (Å²) >= 11 is 0. The molecule has 2 N–H and O–H groups in total. The summed E-state index contributed by atoms with van der Waals surface area (Å²) in [5.41, 5.74) is 5.25. The zero-order valence-electron chi connectivity index (χ0n) is 9.99. The molecule has 1 amide bonds. The van der Waals surface area contributed by atoms with Crippen molar-refractivity contribution in [1.29, 1.82) is 0 Å². The Morgan fingerprint density at radius 1 is 1.44 bits per heavy atom. The Bertz CT molecular complexity index is 567. The average Bonchev–Trinajstić information content (AvgIpc) is 2.75. The van der Waals surface area contributed by atoms with E-state index in [4.69, 9.17) is 10.3 Å². The number of nitrogens with two attached hydrogens (primary N) is 1. The van der Waals surface area contributed by atoms with Crippen molar-refractivity contribution in [2.45, 2.75) is 13.5 Å². The van der Waals surface area contributed by atoms with E-state index in [-0.39, 0.29) is 5.69 Å². The summed E-state index contributed by atoms with van der Waals surface area (Å²) in [7, 11) is 1.78. The monoisotopic (exact) mass is 248 g/mol. The Morgan fingerprint density at radius 3 is 2.83 bits per heavy atom. The van der Waals surface area contributed by atoms with Gasteiger partial charge in [-0.3, -0.25) is 9.78 Å². The molecule has 0 aliphatic carbocycles. The lowest BCUT2D eigenvalue weighted by Gasteiger charge is -2.15. The van der Waals surface area contributed by atoms with Gasteiger partial charge >= 0.3 is 0 Å². The Kier molecular flexibility index (Phi) is 3.18. The molecule has 94 valence electrons. The van der Waals surface area contributed by atoms with Gasteiger partial charge in [0.05, 0.1) is 18.9 Å². The zero-order chi connectivity index (χ0) is 13.1. The third-order valence-corrected chi connectivity index (χ3v) is 2.21. The number of primary amides is 1. The summed E-state index contributed by atoms with van der Waals surface area (Å²) in [6.45, 7) is 2.11. The highest BCUT2D eigenvalue weighted by atomic mass is 16.5. The number of carbonyl (C=O) groups excluding carboxylic acids is 1. The maximum atomic E-state index is 11.0. The number of anilines is 1. The van der Waals surface area contributed by atoms with Gasteiger partial charge in [-0.15, -0.1) is 0 Å². The summed E-state index contributed by atoms with van der Waals surface area (Å²) in [6.07, 6.45) is 2.84. The minimum atomic E-state index is -0.617. The van der Waals surface area contributed by atoms with Crippen LogP contribution in [0.3, 0.4) is 0 Å². The van der Waals surface area contributed by atoms with Crippen LogP contribution in [0, 0.1) is 6.92 Å². The second kappa shape index (κ2) is 4.78. The molecule has 18 heavy (non-hydrogen) atoms. The Labute approximate surface area is 103 Å². The third kappa shape index (κ3) is 2.59. The van der Waals surface area contributed by atoms with Gasteiger partial charge in [0.2, 0.25) is 5.89 Å². The Morgan fingerprint density at radius 2 is 2.22 bits per heavy atom. The fourth-order valence-electron chi connectivity index (χ4n) is 1.36. The predicted molar refractivity (Wildman–Crippen MR) is 61.7 cm³/mol. The van der Waals surface area contributed by atoms with Gasteiger partial charge in [0, 0.05) is 14.0 Å². The van der Waals surface area contributed by atoms with Crippen LogP contribution in [-0.4, -0.2) is 33.1 Å². The molecule has 2 rings (SSSR count). The van der Waals surface area contributed by atoms with E-state index in [0.29, 0.717) is 24.1 Å². The van der Waals surface area contributed by atoms with Gasteiger partial charge in [-0.2, -0.15) is 4.98 Å². The molecule has 2 aromatic heterocycles. The predicted octanol–water partition coefficient (Wildman–Crippen LogP) is -0.0967. The van der Waals surface area contributed by atoms with E-state index >= 15 is 0 Å². The van der Waals surface area contributed by atoms with E-state index in [1.54, 1.807) is 18.9 Å². The van der Waals surface area contributed by atoms with Crippen LogP contribution in [0.25, 0.3) is 0 Å². The van der Waals surface area contributed by atoms with Crippen LogP contribution >= 0.6 is 0 Å². The SMILES string of the molecule is Cc1nc(CN(C)c2cncc(C(N)=O)n2)no1. The van der Waals surface area contributed by atoms with E-state index < -0.39 is 5.91 Å². The molecule has 0 aliphatic rings. The molecule has 0 saturated carbocycles. The Hall–Kier alpha value is -2.51. The highest BCUT2D eigenvalue weighted by Gasteiger charge is 2.11. The minimum absolute atomic E-state index is 0.114. The molecule has 0 aliphatic heterocycles. The number of aryl methyl sites for hydroxylation is 1. The maximum Gasteiger partial charge on any atom is 0.268 e. The molecular formula is C10H12N6O2. The number of carbonyl (C=O) groups is 1. The molecule has 2 aromatic rings. The summed E-state index contributed by atoms with van der Waals surface area (Å²) < 4.78 is 4.87. The summed E-state index contributed by atoms with van der Waals surface area (Å²) in [6, 6.07) is 0. The molecule has 2 heterocycles. The van der Waals surface area contributed by atoms with Crippen molar-refractivity contribution >= 4 is 11.7 Å². The van der Waals surface area contributed by atoms with E-state index in [0.717, 1.165) is 0 Å². The molecule has 0 bridgehead atoms. The van der Waals surface area contributed by atoms with Crippen molar-refractivity contribution in [2.75, 3.05) is 11.9 Å². The quantitative estimate of drug-likeness (QED) is 0.804. The fourth-order valence-corrected chi connectivity index (χ4v) is 1.36. The van der Waals surface area contributed by atoms with Crippen LogP contribution in [0.15, 0.2) is 16.9 Å². The molecule has 8 nitrogen and oxygen atoms in total. The highest BCUT2D eigenvalue weighted by molar-refractivity contribution is 5.90. The molecule has 0 fully saturated rings. The molecule has 0 radical (unpaired) electrons. The number of aromatic nitrogens is 4. The van der Waals surface area contributed by atoms with E-state index in [1.807, 2.05) is 0 Å². The van der Waals surface area contributed by atoms with E-state index in [2.05, 4.69) is 20.1 Å². The van der Waals surface area contributed by atoms with Gasteiger partial charge in [-0.25, -0.2) is 4.98 Å². The van der Waals surface area contributed by atoms with Crippen LogP contribution in [0.5, 0.6) is 0 Å². The first-order chi connectivity index (χ1) is 8.56. The smallest absolute Gasteiger partial charge is 0.268 e. The molecule has 8 heteroatoms. The lowest BCUT2D eigenvalue weighted by Crippen LogP contribution is -2.21. The lowest BCUT2D eigenvalue weighted by atomic mass is 10.4. The first-order valence-corrected chi connectivity index (χ1v) is 5.18. The van der Waals surface area contributed by atoms with Gasteiger partial charge in [-0.05, 0) is 0 Å². The van der Waals surface area contributed by atoms with Crippen LogP contribution in [0.4, 0.5) is 5.82 Å². The van der Waals surface area contributed by atoms with Gasteiger partial charge in [0.15, 0.2) is 5.82 Å². The second-order valence-electron chi connectivity index (χ2n) is 3.71. The topological polar surface area (TPSA) is 111 Å². The average molecular weight is 248 g/mol. The van der Waals surface area contributed by atoms with Gasteiger partial charge in [0.1, 0.15) is 11.5 Å². The number of nitrogens with zero attached hydrogens (tertiary/aromatic N) is 5. The Balaban J connectivity index is 2.15. The van der Waals surface area contributed by atoms with Gasteiger partial charge in [0.25, 0.3) is 5.91 Å². The van der Waals surface area contributed by atoms with Crippen molar-refractivity contribution in [1.82, 2.24) is 20.1 Å². The summed E-state index contributed by atoms with van der Waals surface area (Å²) in [4.78, 5) is 24.8. The van der Waals surface area contributed by atoms with Crippen molar-refractivity contribution in [3.8, 4) is 0 Å². The molecule has 0 aromatic carbocycles. The van der Waals surface area contributed by atoms with Crippen molar-refractivity contribution < 1.29 is 9.32 Å². The first kappa shape index (κ1) is 12.0. The second-order valence-corrected chi connectivity index (χ2v) is 3.71. The number of hydrogen-bond donors (Lipinski definition) is 1. The first-order valence-electron chi connectivity index (χ1n) is 5.18. The zero-order valence-corrected chi connectivity index (χ0v) is 9.99. The fraction of sp³-hybridized carbons (Fsp3) is 0.300. The van der Waals surface area contributed by atoms with Crippen molar-refractivity contribution in [2.24, 2.45) is 5.73 Å². The van der Waals surface area contributed by atoms with Crippen LogP contribution in [0.2, 0.25) is 0 Å².